The Kier molecular flexibility index (Phi) is 4.85. The van der Waals surface area contributed by atoms with Crippen LogP contribution >= 0.6 is 0 Å². The van der Waals surface area contributed by atoms with Crippen LogP contribution in [0.4, 0.5) is 24.5 Å². The highest BCUT2D eigenvalue weighted by Gasteiger charge is 2.33. The number of rotatable bonds is 5. The smallest absolute Gasteiger partial charge is 0.347 e. The number of nitrogens with zero attached hydrogens (tertiary/aromatic N) is 3. The van der Waals surface area contributed by atoms with Crippen molar-refractivity contribution >= 4 is 28.5 Å². The van der Waals surface area contributed by atoms with Gasteiger partial charge in [-0.2, -0.15) is 18.3 Å². The molecule has 0 atom stereocenters. The van der Waals surface area contributed by atoms with E-state index in [4.69, 9.17) is 0 Å². The van der Waals surface area contributed by atoms with Crippen LogP contribution in [-0.2, 0) is 12.7 Å². The van der Waals surface area contributed by atoms with Crippen LogP contribution in [0.1, 0.15) is 18.1 Å². The van der Waals surface area contributed by atoms with Crippen molar-refractivity contribution in [3.63, 3.8) is 0 Å². The Labute approximate surface area is 152 Å². The molecule has 0 aliphatic rings. The summed E-state index contributed by atoms with van der Waals surface area (Å²) in [5, 5.41) is 16.0. The Morgan fingerprint density at radius 2 is 2.00 bits per heavy atom. The van der Waals surface area contributed by atoms with Crippen LogP contribution in [0.15, 0.2) is 53.8 Å². The third kappa shape index (κ3) is 3.76. The number of benzene rings is 2. The summed E-state index contributed by atoms with van der Waals surface area (Å²) in [5.74, 6) is 0. The number of nitro groups is 1. The van der Waals surface area contributed by atoms with E-state index in [0.29, 0.717) is 6.07 Å². The highest BCUT2D eigenvalue weighted by atomic mass is 19.4. The molecule has 0 aliphatic carbocycles. The predicted octanol–water partition coefficient (Wildman–Crippen LogP) is 5.03. The van der Waals surface area contributed by atoms with Crippen LogP contribution in [0, 0.1) is 10.1 Å². The fourth-order valence-electron chi connectivity index (χ4n) is 2.76. The number of anilines is 1. The first-order chi connectivity index (χ1) is 12.8. The van der Waals surface area contributed by atoms with Gasteiger partial charge >= 0.3 is 6.18 Å². The van der Waals surface area contributed by atoms with Gasteiger partial charge in [-0.3, -0.25) is 15.5 Å². The lowest BCUT2D eigenvalue weighted by Crippen LogP contribution is -2.06. The number of aromatic nitrogens is 1. The maximum Gasteiger partial charge on any atom is 0.416 e. The number of aryl methyl sites for hydroxylation is 1. The van der Waals surface area contributed by atoms with Crippen LogP contribution in [0.25, 0.3) is 10.9 Å². The molecule has 0 bridgehead atoms. The summed E-state index contributed by atoms with van der Waals surface area (Å²) in [6, 6.07) is 9.93. The summed E-state index contributed by atoms with van der Waals surface area (Å²) < 4.78 is 40.3. The molecule has 1 aromatic heterocycles. The zero-order valence-corrected chi connectivity index (χ0v) is 14.2. The summed E-state index contributed by atoms with van der Waals surface area (Å²) in [6.07, 6.45) is -1.29. The lowest BCUT2D eigenvalue weighted by atomic mass is 10.1. The number of alkyl halides is 3. The van der Waals surface area contributed by atoms with Gasteiger partial charge in [0.15, 0.2) is 0 Å². The van der Waals surface area contributed by atoms with Crippen molar-refractivity contribution in [3.8, 4) is 0 Å². The first-order valence-electron chi connectivity index (χ1n) is 8.04. The second kappa shape index (κ2) is 7.10. The highest BCUT2D eigenvalue weighted by molar-refractivity contribution is 5.99. The van der Waals surface area contributed by atoms with E-state index in [2.05, 4.69) is 10.5 Å². The van der Waals surface area contributed by atoms with Gasteiger partial charge in [0.2, 0.25) is 0 Å². The molecule has 0 saturated heterocycles. The molecule has 0 amide bonds. The average Bonchev–Trinajstić information content (AvgIpc) is 2.99. The van der Waals surface area contributed by atoms with Crippen molar-refractivity contribution in [1.29, 1.82) is 0 Å². The summed E-state index contributed by atoms with van der Waals surface area (Å²) >= 11 is 0. The van der Waals surface area contributed by atoms with Crippen LogP contribution in [0.5, 0.6) is 0 Å². The molecule has 3 rings (SSSR count). The monoisotopic (exact) mass is 376 g/mol. The molecule has 6 nitrogen and oxygen atoms in total. The number of hydrogen-bond acceptors (Lipinski definition) is 4. The molecule has 0 radical (unpaired) electrons. The molecule has 0 fully saturated rings. The first kappa shape index (κ1) is 18.4. The van der Waals surface area contributed by atoms with Gasteiger partial charge in [-0.05, 0) is 25.1 Å². The third-order valence-electron chi connectivity index (χ3n) is 4.07. The van der Waals surface area contributed by atoms with Crippen molar-refractivity contribution in [2.24, 2.45) is 5.10 Å². The molecule has 3 aromatic rings. The highest BCUT2D eigenvalue weighted by Crippen LogP contribution is 2.35. The number of nitrogens with one attached hydrogen (secondary N) is 1. The Bertz CT molecular complexity index is 1030. The maximum atomic E-state index is 12.7. The summed E-state index contributed by atoms with van der Waals surface area (Å²) in [6.45, 7) is 2.75. The molecule has 0 aliphatic heterocycles. The number of hydrogen-bond donors (Lipinski definition) is 1. The number of para-hydroxylation sites is 1. The lowest BCUT2D eigenvalue weighted by molar-refractivity contribution is -0.384. The predicted molar refractivity (Wildman–Crippen MR) is 96.9 cm³/mol. The molecular formula is C18H15F3N4O2. The Balaban J connectivity index is 1.90. The van der Waals surface area contributed by atoms with Gasteiger partial charge in [0.1, 0.15) is 5.69 Å². The largest absolute Gasteiger partial charge is 0.416 e. The van der Waals surface area contributed by atoms with Crippen LogP contribution < -0.4 is 5.43 Å². The normalized spacial score (nSPS) is 12.0. The zero-order valence-electron chi connectivity index (χ0n) is 14.2. The molecule has 0 spiro atoms. The minimum absolute atomic E-state index is 0.122. The van der Waals surface area contributed by atoms with Crippen LogP contribution in [0.3, 0.4) is 0 Å². The molecule has 1 N–H and O–H groups in total. The van der Waals surface area contributed by atoms with Crippen molar-refractivity contribution in [3.05, 3.63) is 69.9 Å². The van der Waals surface area contributed by atoms with E-state index in [-0.39, 0.29) is 5.69 Å². The quantitative estimate of drug-likeness (QED) is 0.385. The van der Waals surface area contributed by atoms with Gasteiger partial charge in [0.25, 0.3) is 5.69 Å². The van der Waals surface area contributed by atoms with E-state index in [9.17, 15) is 23.3 Å². The number of fused-ring (bicyclic) bond motifs is 1. The van der Waals surface area contributed by atoms with Gasteiger partial charge in [-0.1, -0.05) is 18.2 Å². The third-order valence-corrected chi connectivity index (χ3v) is 4.07. The van der Waals surface area contributed by atoms with Crippen LogP contribution in [-0.4, -0.2) is 15.7 Å². The topological polar surface area (TPSA) is 72.5 Å². The van der Waals surface area contributed by atoms with E-state index in [0.717, 1.165) is 35.1 Å². The Morgan fingerprint density at radius 1 is 1.26 bits per heavy atom. The molecule has 140 valence electrons. The average molecular weight is 376 g/mol. The molecule has 0 saturated carbocycles. The molecular weight excluding hydrogens is 361 g/mol. The fraction of sp³-hybridized carbons (Fsp3) is 0.167. The van der Waals surface area contributed by atoms with Crippen molar-refractivity contribution in [1.82, 2.24) is 4.57 Å². The number of halogens is 3. The van der Waals surface area contributed by atoms with Crippen molar-refractivity contribution in [2.45, 2.75) is 19.6 Å². The number of nitro benzene ring substituents is 1. The van der Waals surface area contributed by atoms with Gasteiger partial charge in [0, 0.05) is 35.3 Å². The lowest BCUT2D eigenvalue weighted by Gasteiger charge is -2.08. The van der Waals surface area contributed by atoms with Gasteiger partial charge < -0.3 is 4.57 Å². The SMILES string of the molecule is CCn1cc(/C=N\Nc2ccc(C(F)(F)F)cc2[N+](=O)[O-])c2ccccc21. The fourth-order valence-corrected chi connectivity index (χ4v) is 2.76. The van der Waals surface area contributed by atoms with Crippen LogP contribution in [0.2, 0.25) is 0 Å². The van der Waals surface area contributed by atoms with Crippen molar-refractivity contribution in [2.75, 3.05) is 5.43 Å². The summed E-state index contributed by atoms with van der Waals surface area (Å²) in [5.41, 5.74) is 2.36. The standard InChI is InChI=1S/C18H15F3N4O2/c1-2-24-11-12(14-5-3-4-6-16(14)24)10-22-23-15-8-7-13(18(19,20)21)9-17(15)25(26)27/h3-11,23H,2H2,1H3/b22-10-. The second-order valence-corrected chi connectivity index (χ2v) is 5.74. The Hall–Kier alpha value is -3.36. The summed E-state index contributed by atoms with van der Waals surface area (Å²) in [7, 11) is 0. The molecule has 27 heavy (non-hydrogen) atoms. The van der Waals surface area contributed by atoms with Gasteiger partial charge in [0.05, 0.1) is 16.7 Å². The maximum absolute atomic E-state index is 12.7. The van der Waals surface area contributed by atoms with E-state index in [1.54, 1.807) is 0 Å². The minimum atomic E-state index is -4.66. The first-order valence-corrected chi connectivity index (χ1v) is 8.04. The summed E-state index contributed by atoms with van der Waals surface area (Å²) in [4.78, 5) is 10.2. The minimum Gasteiger partial charge on any atom is -0.347 e. The number of hydrazone groups is 1. The van der Waals surface area contributed by atoms with Gasteiger partial charge in [-0.25, -0.2) is 0 Å². The van der Waals surface area contributed by atoms with Crippen molar-refractivity contribution < 1.29 is 18.1 Å². The molecule has 0 unspecified atom stereocenters. The Morgan fingerprint density at radius 3 is 2.67 bits per heavy atom. The van der Waals surface area contributed by atoms with E-state index in [1.807, 2.05) is 42.0 Å². The molecule has 1 heterocycles. The molecule has 9 heteroatoms. The van der Waals surface area contributed by atoms with E-state index >= 15 is 0 Å². The van der Waals surface area contributed by atoms with Gasteiger partial charge in [-0.15, -0.1) is 0 Å². The second-order valence-electron chi connectivity index (χ2n) is 5.74. The zero-order chi connectivity index (χ0) is 19.6. The van der Waals surface area contributed by atoms with E-state index in [1.165, 1.54) is 6.21 Å². The van der Waals surface area contributed by atoms with E-state index < -0.39 is 22.4 Å². The molecule has 2 aromatic carbocycles.